The third-order valence-corrected chi connectivity index (χ3v) is 8.97. The van der Waals surface area contributed by atoms with Crippen molar-refractivity contribution in [1.29, 1.82) is 0 Å². The zero-order valence-electron chi connectivity index (χ0n) is 27.0. The molecule has 12 heteroatoms. The number of carbonyl (C=O) groups excluding carboxylic acids is 3. The highest BCUT2D eigenvalue weighted by Gasteiger charge is 2.52. The number of urea groups is 1. The summed E-state index contributed by atoms with van der Waals surface area (Å²) in [6.07, 6.45) is 0.237. The number of nitrogens with zero attached hydrogens (tertiary/aromatic N) is 5. The number of fused-ring (bicyclic) bond motifs is 2. The molecule has 4 aromatic rings. The molecule has 2 atom stereocenters. The molecule has 2 aliphatic rings. The lowest BCUT2D eigenvalue weighted by molar-refractivity contribution is -0.384. The molecule has 4 amide bonds. The first-order valence-electron chi connectivity index (χ1n) is 16.0. The third kappa shape index (κ3) is 6.65. The maximum absolute atomic E-state index is 14.3. The molecule has 0 spiro atoms. The molecule has 0 aliphatic carbocycles. The van der Waals surface area contributed by atoms with Crippen LogP contribution in [0.5, 0.6) is 5.75 Å². The second-order valence-electron chi connectivity index (χ2n) is 12.0. The van der Waals surface area contributed by atoms with Gasteiger partial charge in [0, 0.05) is 38.2 Å². The summed E-state index contributed by atoms with van der Waals surface area (Å²) in [4.78, 5) is 55.9. The number of piperazine rings is 1. The minimum absolute atomic E-state index is 0.0523. The Hall–Kier alpha value is -5.49. The van der Waals surface area contributed by atoms with E-state index in [1.54, 1.807) is 39.1 Å². The van der Waals surface area contributed by atoms with E-state index in [1.807, 2.05) is 73.7 Å². The minimum Gasteiger partial charge on any atom is -0.497 e. The van der Waals surface area contributed by atoms with Crippen LogP contribution in [0, 0.1) is 10.1 Å². The molecule has 2 saturated heterocycles. The van der Waals surface area contributed by atoms with Crippen LogP contribution in [0.25, 0.3) is 10.8 Å². The van der Waals surface area contributed by atoms with Crippen molar-refractivity contribution in [3.05, 3.63) is 118 Å². The summed E-state index contributed by atoms with van der Waals surface area (Å²) >= 11 is 0. The summed E-state index contributed by atoms with van der Waals surface area (Å²) in [5.41, 5.74) is 2.51. The first-order valence-corrected chi connectivity index (χ1v) is 16.0. The lowest BCUT2D eigenvalue weighted by atomic mass is 9.98. The van der Waals surface area contributed by atoms with Crippen molar-refractivity contribution in [2.45, 2.75) is 45.1 Å². The van der Waals surface area contributed by atoms with E-state index >= 15 is 0 Å². The standard InChI is InChI=1S/C36H38N6O6/c1-3-19-39(36(45)37-21-26-13-17-30(48-2)18-14-26)40-24-34(43)41-32(20-25-11-15-29(16-12-25)42(46)47)35(44)38(23-33(40)41)22-28-9-6-8-27-7-4-5-10-31(27)28/h4-18,32-33H,3,19-24H2,1-2H3,(H,37,45)/t32-,33+/m0/s1. The van der Waals surface area contributed by atoms with E-state index in [9.17, 15) is 24.5 Å². The molecule has 1 N–H and O–H groups in total. The van der Waals surface area contributed by atoms with Crippen LogP contribution in [0.1, 0.15) is 30.0 Å². The van der Waals surface area contributed by atoms with Gasteiger partial charge in [-0.15, -0.1) is 0 Å². The first-order chi connectivity index (χ1) is 23.3. The van der Waals surface area contributed by atoms with E-state index in [0.29, 0.717) is 25.1 Å². The molecular weight excluding hydrogens is 612 g/mol. The summed E-state index contributed by atoms with van der Waals surface area (Å²) in [6.45, 7) is 3.09. The number of hydrazine groups is 1. The molecule has 4 aromatic carbocycles. The maximum Gasteiger partial charge on any atom is 0.332 e. The van der Waals surface area contributed by atoms with E-state index in [2.05, 4.69) is 5.32 Å². The second kappa shape index (κ2) is 14.1. The van der Waals surface area contributed by atoms with Gasteiger partial charge in [0.1, 0.15) is 18.0 Å². The minimum atomic E-state index is -0.858. The van der Waals surface area contributed by atoms with Gasteiger partial charge < -0.3 is 19.9 Å². The lowest BCUT2D eigenvalue weighted by Crippen LogP contribution is -2.66. The fraction of sp³-hybridized carbons (Fsp3) is 0.306. The Balaban J connectivity index is 1.30. The SMILES string of the molecule is CCCN(C(=O)NCc1ccc(OC)cc1)N1CC(=O)N2[C@@H](Cc3ccc([N+](=O)[O-])cc3)C(=O)N(Cc3cccc4ccccc34)C[C@@H]21. The number of ether oxygens (including phenoxy) is 1. The van der Waals surface area contributed by atoms with E-state index in [0.717, 1.165) is 27.6 Å². The fourth-order valence-electron chi connectivity index (χ4n) is 6.57. The predicted octanol–water partition coefficient (Wildman–Crippen LogP) is 4.72. The number of amides is 4. The molecule has 0 unspecified atom stereocenters. The summed E-state index contributed by atoms with van der Waals surface area (Å²) in [5, 5.41) is 19.7. The third-order valence-electron chi connectivity index (χ3n) is 8.97. The Labute approximate surface area is 278 Å². The van der Waals surface area contributed by atoms with Crippen LogP contribution in [0.4, 0.5) is 10.5 Å². The van der Waals surface area contributed by atoms with Gasteiger partial charge in [0.2, 0.25) is 11.8 Å². The number of non-ortho nitro benzene ring substituents is 1. The number of nitrogens with one attached hydrogen (secondary N) is 1. The van der Waals surface area contributed by atoms with Crippen molar-refractivity contribution < 1.29 is 24.0 Å². The van der Waals surface area contributed by atoms with Crippen LogP contribution in [-0.2, 0) is 29.1 Å². The van der Waals surface area contributed by atoms with Crippen molar-refractivity contribution in [3.8, 4) is 5.75 Å². The Morgan fingerprint density at radius 1 is 0.979 bits per heavy atom. The topological polar surface area (TPSA) is 129 Å². The molecule has 12 nitrogen and oxygen atoms in total. The van der Waals surface area contributed by atoms with Gasteiger partial charge in [-0.1, -0.05) is 73.7 Å². The molecular formula is C36H38N6O6. The summed E-state index contributed by atoms with van der Waals surface area (Å²) in [5.74, 6) is 0.254. The molecule has 248 valence electrons. The Morgan fingerprint density at radius 2 is 1.69 bits per heavy atom. The molecule has 0 bridgehead atoms. The summed E-state index contributed by atoms with van der Waals surface area (Å²) in [6, 6.07) is 26.3. The van der Waals surface area contributed by atoms with Crippen LogP contribution in [0.15, 0.2) is 91.0 Å². The number of nitro benzene ring substituents is 1. The second-order valence-corrected chi connectivity index (χ2v) is 12.0. The van der Waals surface area contributed by atoms with Gasteiger partial charge in [0.15, 0.2) is 0 Å². The molecule has 0 radical (unpaired) electrons. The van der Waals surface area contributed by atoms with Gasteiger partial charge in [0.05, 0.1) is 25.1 Å². The highest BCUT2D eigenvalue weighted by atomic mass is 16.6. The summed E-state index contributed by atoms with van der Waals surface area (Å²) < 4.78 is 5.23. The molecule has 0 saturated carbocycles. The molecule has 0 aromatic heterocycles. The lowest BCUT2D eigenvalue weighted by Gasteiger charge is -2.46. The van der Waals surface area contributed by atoms with Crippen molar-refractivity contribution in [2.24, 2.45) is 0 Å². The smallest absolute Gasteiger partial charge is 0.332 e. The molecule has 2 aliphatic heterocycles. The van der Waals surface area contributed by atoms with Gasteiger partial charge in [0.25, 0.3) is 5.69 Å². The highest BCUT2D eigenvalue weighted by Crippen LogP contribution is 2.31. The van der Waals surface area contributed by atoms with Gasteiger partial charge >= 0.3 is 6.03 Å². The number of rotatable bonds is 11. The van der Waals surface area contributed by atoms with Crippen molar-refractivity contribution >= 4 is 34.3 Å². The average molecular weight is 651 g/mol. The number of hydrogen-bond acceptors (Lipinski definition) is 7. The van der Waals surface area contributed by atoms with Crippen molar-refractivity contribution in [1.82, 2.24) is 25.1 Å². The summed E-state index contributed by atoms with van der Waals surface area (Å²) in [7, 11) is 1.60. The number of methoxy groups -OCH3 is 1. The quantitative estimate of drug-likeness (QED) is 0.184. The van der Waals surface area contributed by atoms with Crippen LogP contribution in [0.2, 0.25) is 0 Å². The number of hydrogen-bond donors (Lipinski definition) is 1. The fourth-order valence-corrected chi connectivity index (χ4v) is 6.57. The van der Waals surface area contributed by atoms with Crippen LogP contribution in [-0.4, -0.2) is 81.5 Å². The molecule has 6 rings (SSSR count). The van der Waals surface area contributed by atoms with E-state index in [-0.39, 0.29) is 49.6 Å². The zero-order chi connectivity index (χ0) is 33.8. The van der Waals surface area contributed by atoms with E-state index < -0.39 is 17.1 Å². The number of nitro groups is 1. The van der Waals surface area contributed by atoms with Gasteiger partial charge in [-0.25, -0.2) is 4.79 Å². The highest BCUT2D eigenvalue weighted by molar-refractivity contribution is 5.92. The molecule has 2 fully saturated rings. The number of benzene rings is 4. The van der Waals surface area contributed by atoms with Gasteiger partial charge in [-0.2, -0.15) is 5.01 Å². The largest absolute Gasteiger partial charge is 0.497 e. The van der Waals surface area contributed by atoms with E-state index in [4.69, 9.17) is 4.74 Å². The predicted molar refractivity (Wildman–Crippen MR) is 180 cm³/mol. The van der Waals surface area contributed by atoms with Crippen molar-refractivity contribution in [3.63, 3.8) is 0 Å². The number of carbonyl (C=O) groups is 3. The molecule has 2 heterocycles. The van der Waals surface area contributed by atoms with Crippen LogP contribution >= 0.6 is 0 Å². The Kier molecular flexibility index (Phi) is 9.53. The Bertz CT molecular complexity index is 1810. The maximum atomic E-state index is 14.3. The van der Waals surface area contributed by atoms with Crippen LogP contribution in [0.3, 0.4) is 0 Å². The zero-order valence-corrected chi connectivity index (χ0v) is 27.0. The monoisotopic (exact) mass is 650 g/mol. The Morgan fingerprint density at radius 3 is 2.40 bits per heavy atom. The normalized spacial score (nSPS) is 17.8. The molecule has 48 heavy (non-hydrogen) atoms. The average Bonchev–Trinajstić information content (AvgIpc) is 3.43. The van der Waals surface area contributed by atoms with Gasteiger partial charge in [-0.05, 0) is 46.0 Å². The van der Waals surface area contributed by atoms with Crippen LogP contribution < -0.4 is 10.1 Å². The first kappa shape index (κ1) is 32.5. The van der Waals surface area contributed by atoms with Crippen molar-refractivity contribution in [2.75, 3.05) is 26.7 Å². The van der Waals surface area contributed by atoms with E-state index in [1.165, 1.54) is 12.1 Å². The van der Waals surface area contributed by atoms with Gasteiger partial charge in [-0.3, -0.25) is 24.7 Å².